The fraction of sp³-hybridized carbons (Fsp3) is 0.500. The van der Waals surface area contributed by atoms with Crippen molar-refractivity contribution in [2.24, 2.45) is 5.73 Å². The number of β-amino-alcohol motifs (C(OH)–C–C–N with tert-alkyl or cyclic N) is 2. The van der Waals surface area contributed by atoms with E-state index in [-0.39, 0.29) is 6.04 Å². The van der Waals surface area contributed by atoms with Gasteiger partial charge in [-0.05, 0) is 18.6 Å². The summed E-state index contributed by atoms with van der Waals surface area (Å²) in [6.45, 7) is 2.86. The molecule has 0 aromatic heterocycles. The Morgan fingerprint density at radius 1 is 1.25 bits per heavy atom. The molecular weight excluding hydrogens is 204 g/mol. The van der Waals surface area contributed by atoms with Crippen molar-refractivity contribution in [3.63, 3.8) is 0 Å². The van der Waals surface area contributed by atoms with E-state index < -0.39 is 12.2 Å². The molecule has 1 aliphatic heterocycles. The van der Waals surface area contributed by atoms with Crippen LogP contribution in [0.4, 0.5) is 5.69 Å². The minimum absolute atomic E-state index is 0.0499. The molecule has 1 aliphatic rings. The van der Waals surface area contributed by atoms with Crippen molar-refractivity contribution in [2.75, 3.05) is 18.0 Å². The Morgan fingerprint density at radius 2 is 1.81 bits per heavy atom. The Bertz CT molecular complexity index is 358. The summed E-state index contributed by atoms with van der Waals surface area (Å²) in [4.78, 5) is 1.98. The maximum absolute atomic E-state index is 9.54. The number of aliphatic hydroxyl groups is 2. The van der Waals surface area contributed by atoms with Crippen molar-refractivity contribution in [3.8, 4) is 0 Å². The van der Waals surface area contributed by atoms with E-state index in [1.807, 2.05) is 36.1 Å². The number of para-hydroxylation sites is 1. The monoisotopic (exact) mass is 222 g/mol. The molecule has 1 aromatic carbocycles. The molecule has 3 atom stereocenters. The van der Waals surface area contributed by atoms with Crippen LogP contribution >= 0.6 is 0 Å². The lowest BCUT2D eigenvalue weighted by Gasteiger charge is -2.22. The Balaban J connectivity index is 2.27. The second kappa shape index (κ2) is 4.41. The minimum Gasteiger partial charge on any atom is -0.389 e. The van der Waals surface area contributed by atoms with Gasteiger partial charge in [0.1, 0.15) is 0 Å². The molecule has 2 unspecified atom stereocenters. The third-order valence-corrected chi connectivity index (χ3v) is 3.03. The largest absolute Gasteiger partial charge is 0.389 e. The van der Waals surface area contributed by atoms with E-state index in [1.54, 1.807) is 0 Å². The summed E-state index contributed by atoms with van der Waals surface area (Å²) in [6, 6.07) is 7.80. The van der Waals surface area contributed by atoms with Crippen molar-refractivity contribution in [3.05, 3.63) is 29.8 Å². The Labute approximate surface area is 95.3 Å². The van der Waals surface area contributed by atoms with E-state index in [2.05, 4.69) is 0 Å². The molecule has 0 spiro atoms. The summed E-state index contributed by atoms with van der Waals surface area (Å²) >= 11 is 0. The molecule has 0 aliphatic carbocycles. The van der Waals surface area contributed by atoms with Crippen molar-refractivity contribution in [1.82, 2.24) is 0 Å². The number of anilines is 1. The minimum atomic E-state index is -0.666. The van der Waals surface area contributed by atoms with E-state index in [1.165, 1.54) is 0 Å². The first kappa shape index (κ1) is 11.4. The third kappa shape index (κ3) is 2.04. The highest BCUT2D eigenvalue weighted by atomic mass is 16.3. The van der Waals surface area contributed by atoms with E-state index in [4.69, 9.17) is 5.73 Å². The number of hydrogen-bond acceptors (Lipinski definition) is 4. The molecule has 0 amide bonds. The van der Waals surface area contributed by atoms with Crippen LogP contribution in [0.2, 0.25) is 0 Å². The van der Waals surface area contributed by atoms with Crippen LogP contribution in [0, 0.1) is 0 Å². The summed E-state index contributed by atoms with van der Waals surface area (Å²) < 4.78 is 0. The van der Waals surface area contributed by atoms with Crippen LogP contribution in [-0.4, -0.2) is 35.5 Å². The number of nitrogens with zero attached hydrogens (tertiary/aromatic N) is 1. The number of rotatable bonds is 2. The van der Waals surface area contributed by atoms with Gasteiger partial charge < -0.3 is 20.8 Å². The Hall–Kier alpha value is -1.10. The molecule has 0 radical (unpaired) electrons. The van der Waals surface area contributed by atoms with Gasteiger partial charge in [-0.15, -0.1) is 0 Å². The zero-order chi connectivity index (χ0) is 11.7. The van der Waals surface area contributed by atoms with E-state index in [0.717, 1.165) is 11.3 Å². The van der Waals surface area contributed by atoms with Gasteiger partial charge in [0, 0.05) is 24.8 Å². The molecule has 1 heterocycles. The fourth-order valence-electron chi connectivity index (χ4n) is 2.13. The van der Waals surface area contributed by atoms with Gasteiger partial charge in [-0.25, -0.2) is 0 Å². The van der Waals surface area contributed by atoms with Crippen molar-refractivity contribution in [1.29, 1.82) is 0 Å². The van der Waals surface area contributed by atoms with Crippen LogP contribution in [0.3, 0.4) is 0 Å². The van der Waals surface area contributed by atoms with Gasteiger partial charge in [-0.2, -0.15) is 0 Å². The number of hydrogen-bond donors (Lipinski definition) is 3. The van der Waals surface area contributed by atoms with Gasteiger partial charge in [0.05, 0.1) is 12.2 Å². The predicted octanol–water partition coefficient (Wildman–Crippen LogP) is 0.248. The van der Waals surface area contributed by atoms with Gasteiger partial charge in [-0.1, -0.05) is 18.2 Å². The summed E-state index contributed by atoms with van der Waals surface area (Å²) in [5, 5.41) is 19.1. The summed E-state index contributed by atoms with van der Waals surface area (Å²) in [5.41, 5.74) is 7.95. The lowest BCUT2D eigenvalue weighted by Crippen LogP contribution is -2.23. The van der Waals surface area contributed by atoms with Gasteiger partial charge in [0.2, 0.25) is 0 Å². The first-order valence-electron chi connectivity index (χ1n) is 5.55. The molecule has 0 bridgehead atoms. The number of nitrogens with two attached hydrogens (primary N) is 1. The first-order valence-corrected chi connectivity index (χ1v) is 5.55. The van der Waals surface area contributed by atoms with Crippen LogP contribution in [0.15, 0.2) is 24.3 Å². The molecular formula is C12H18N2O2. The molecule has 1 fully saturated rings. The highest BCUT2D eigenvalue weighted by Gasteiger charge is 2.30. The maximum Gasteiger partial charge on any atom is 0.0990 e. The van der Waals surface area contributed by atoms with E-state index in [0.29, 0.717) is 13.1 Å². The fourth-order valence-corrected chi connectivity index (χ4v) is 2.13. The lowest BCUT2D eigenvalue weighted by molar-refractivity contribution is 0.0572. The zero-order valence-electron chi connectivity index (χ0n) is 9.37. The average Bonchev–Trinajstić information content (AvgIpc) is 2.59. The molecule has 16 heavy (non-hydrogen) atoms. The normalized spacial score (nSPS) is 27.1. The van der Waals surface area contributed by atoms with Gasteiger partial charge >= 0.3 is 0 Å². The van der Waals surface area contributed by atoms with Gasteiger partial charge in [0.25, 0.3) is 0 Å². The predicted molar refractivity (Wildman–Crippen MR) is 63.3 cm³/mol. The summed E-state index contributed by atoms with van der Waals surface area (Å²) in [7, 11) is 0. The summed E-state index contributed by atoms with van der Waals surface area (Å²) in [6.07, 6.45) is -1.33. The second-order valence-electron chi connectivity index (χ2n) is 4.39. The highest BCUT2D eigenvalue weighted by molar-refractivity contribution is 5.56. The molecule has 88 valence electrons. The Morgan fingerprint density at radius 3 is 2.38 bits per heavy atom. The van der Waals surface area contributed by atoms with Gasteiger partial charge in [-0.3, -0.25) is 0 Å². The van der Waals surface area contributed by atoms with Crippen LogP contribution in [0.25, 0.3) is 0 Å². The smallest absolute Gasteiger partial charge is 0.0990 e. The van der Waals surface area contributed by atoms with Gasteiger partial charge in [0.15, 0.2) is 0 Å². The molecule has 1 saturated heterocycles. The Kier molecular flexibility index (Phi) is 3.14. The molecule has 4 N–H and O–H groups in total. The van der Waals surface area contributed by atoms with Crippen molar-refractivity contribution >= 4 is 5.69 Å². The van der Waals surface area contributed by atoms with E-state index >= 15 is 0 Å². The molecule has 0 saturated carbocycles. The second-order valence-corrected chi connectivity index (χ2v) is 4.39. The van der Waals surface area contributed by atoms with Crippen molar-refractivity contribution in [2.45, 2.75) is 25.2 Å². The van der Waals surface area contributed by atoms with Crippen LogP contribution < -0.4 is 10.6 Å². The first-order chi connectivity index (χ1) is 7.59. The van der Waals surface area contributed by atoms with Crippen LogP contribution in [0.5, 0.6) is 0 Å². The SMILES string of the molecule is C[C@@H](N)c1ccccc1N1CC(O)C(O)C1. The van der Waals surface area contributed by atoms with Crippen molar-refractivity contribution < 1.29 is 10.2 Å². The quantitative estimate of drug-likeness (QED) is 0.671. The summed E-state index contributed by atoms with van der Waals surface area (Å²) in [5.74, 6) is 0. The highest BCUT2D eigenvalue weighted by Crippen LogP contribution is 2.28. The van der Waals surface area contributed by atoms with Crippen LogP contribution in [0.1, 0.15) is 18.5 Å². The lowest BCUT2D eigenvalue weighted by atomic mass is 10.1. The molecule has 4 heteroatoms. The molecule has 1 aromatic rings. The van der Waals surface area contributed by atoms with Crippen LogP contribution in [-0.2, 0) is 0 Å². The standard InChI is InChI=1S/C12H18N2O2/c1-8(13)9-4-2-3-5-10(9)14-6-11(15)12(16)7-14/h2-5,8,11-12,15-16H,6-7,13H2,1H3/t8-,11?,12?/m1/s1. The average molecular weight is 222 g/mol. The third-order valence-electron chi connectivity index (χ3n) is 3.03. The topological polar surface area (TPSA) is 69.7 Å². The molecule has 4 nitrogen and oxygen atoms in total. The molecule has 2 rings (SSSR count). The number of benzene rings is 1. The maximum atomic E-state index is 9.54. The van der Waals surface area contributed by atoms with E-state index in [9.17, 15) is 10.2 Å². The zero-order valence-corrected chi connectivity index (χ0v) is 9.37. The number of aliphatic hydroxyl groups excluding tert-OH is 2.